The Balaban J connectivity index is 1.54. The van der Waals surface area contributed by atoms with Gasteiger partial charge in [-0.1, -0.05) is 19.1 Å². The van der Waals surface area contributed by atoms with Gasteiger partial charge in [-0.15, -0.1) is 0 Å². The average molecular weight is 430 g/mol. The fraction of sp³-hybridized carbons (Fsp3) is 0.542. The number of carbonyl (C=O) groups is 1. The molecule has 5 nitrogen and oxygen atoms in total. The standard InChI is InChI=1S/C24H31NO4S/c1-16(18-7-8-18)21-10-9-19-5-4-6-22(19)23(21)12-20(26)15-30(27,28)24-11-17(14-29-24)13-25(2)3/h9-11,14,16,18H,4-8,12-13,15H2,1-3H3/t16-/m1/s1. The van der Waals surface area contributed by atoms with Crippen LogP contribution in [0.5, 0.6) is 0 Å². The van der Waals surface area contributed by atoms with E-state index in [9.17, 15) is 13.2 Å². The van der Waals surface area contributed by atoms with Gasteiger partial charge in [0.05, 0.1) is 6.26 Å². The number of hydrogen-bond donors (Lipinski definition) is 0. The highest BCUT2D eigenvalue weighted by Crippen LogP contribution is 2.44. The van der Waals surface area contributed by atoms with E-state index < -0.39 is 15.6 Å². The molecule has 2 aliphatic carbocycles. The van der Waals surface area contributed by atoms with Crippen LogP contribution < -0.4 is 0 Å². The topological polar surface area (TPSA) is 67.6 Å². The van der Waals surface area contributed by atoms with Crippen LogP contribution in [-0.2, 0) is 40.4 Å². The number of fused-ring (bicyclic) bond motifs is 1. The summed E-state index contributed by atoms with van der Waals surface area (Å²) in [6.45, 7) is 2.83. The lowest BCUT2D eigenvalue weighted by Crippen LogP contribution is -2.20. The number of sulfone groups is 1. The summed E-state index contributed by atoms with van der Waals surface area (Å²) >= 11 is 0. The van der Waals surface area contributed by atoms with Crippen molar-refractivity contribution in [3.05, 3.63) is 52.3 Å². The van der Waals surface area contributed by atoms with Gasteiger partial charge in [-0.3, -0.25) is 4.79 Å². The molecular weight excluding hydrogens is 398 g/mol. The molecule has 0 aliphatic heterocycles. The summed E-state index contributed by atoms with van der Waals surface area (Å²) in [5, 5.41) is -0.113. The molecule has 1 saturated carbocycles. The van der Waals surface area contributed by atoms with E-state index in [1.807, 2.05) is 19.0 Å². The van der Waals surface area contributed by atoms with Crippen LogP contribution >= 0.6 is 0 Å². The Bertz CT molecular complexity index is 1050. The maximum absolute atomic E-state index is 12.9. The SMILES string of the molecule is C[C@@H](c1ccc2c(c1CC(=O)CS(=O)(=O)c1cc(CN(C)C)co1)CCC2)C1CC1. The minimum absolute atomic E-state index is 0.113. The molecule has 1 aromatic carbocycles. The number of aryl methyl sites for hydroxylation is 1. The van der Waals surface area contributed by atoms with Crippen LogP contribution in [0.1, 0.15) is 59.9 Å². The van der Waals surface area contributed by atoms with Crippen LogP contribution in [0.2, 0.25) is 0 Å². The molecule has 162 valence electrons. The highest BCUT2D eigenvalue weighted by Gasteiger charge is 2.32. The molecule has 2 aliphatic rings. The first-order chi connectivity index (χ1) is 14.2. The summed E-state index contributed by atoms with van der Waals surface area (Å²) in [7, 11) is 0.0315. The van der Waals surface area contributed by atoms with E-state index in [1.165, 1.54) is 41.9 Å². The lowest BCUT2D eigenvalue weighted by atomic mass is 9.86. The Morgan fingerprint density at radius 1 is 1.23 bits per heavy atom. The molecule has 0 radical (unpaired) electrons. The van der Waals surface area contributed by atoms with Crippen molar-refractivity contribution in [1.82, 2.24) is 4.90 Å². The molecule has 1 fully saturated rings. The number of ketones is 1. The molecule has 0 amide bonds. The van der Waals surface area contributed by atoms with Gasteiger partial charge in [0.2, 0.25) is 14.9 Å². The Kier molecular flexibility index (Phi) is 5.90. The number of Topliss-reactive ketones (excluding diaryl/α,β-unsaturated/α-hetero) is 1. The predicted octanol–water partition coefficient (Wildman–Crippen LogP) is 3.93. The van der Waals surface area contributed by atoms with Gasteiger partial charge in [0, 0.05) is 24.6 Å². The Hall–Kier alpha value is -1.92. The smallest absolute Gasteiger partial charge is 0.218 e. The first-order valence-corrected chi connectivity index (χ1v) is 12.5. The normalized spacial score (nSPS) is 17.3. The number of furan rings is 1. The summed E-state index contributed by atoms with van der Waals surface area (Å²) < 4.78 is 30.8. The zero-order valence-corrected chi connectivity index (χ0v) is 18.9. The molecule has 0 bridgehead atoms. The van der Waals surface area contributed by atoms with Crippen molar-refractivity contribution >= 4 is 15.6 Å². The lowest BCUT2D eigenvalue weighted by molar-refractivity contribution is -0.116. The maximum Gasteiger partial charge on any atom is 0.218 e. The van der Waals surface area contributed by atoms with Gasteiger partial charge in [-0.2, -0.15) is 0 Å². The van der Waals surface area contributed by atoms with Gasteiger partial charge in [0.15, 0.2) is 5.78 Å². The first kappa shape index (κ1) is 21.3. The average Bonchev–Trinajstić information content (AvgIpc) is 3.20. The number of carbonyl (C=O) groups excluding carboxylic acids is 1. The second-order valence-corrected chi connectivity index (χ2v) is 11.2. The van der Waals surface area contributed by atoms with Crippen molar-refractivity contribution in [3.63, 3.8) is 0 Å². The van der Waals surface area contributed by atoms with E-state index in [0.717, 1.165) is 30.4 Å². The third kappa shape index (κ3) is 4.54. The highest BCUT2D eigenvalue weighted by atomic mass is 32.2. The fourth-order valence-corrected chi connectivity index (χ4v) is 5.94. The van der Waals surface area contributed by atoms with Crippen molar-refractivity contribution < 1.29 is 17.6 Å². The second-order valence-electron chi connectivity index (χ2n) is 9.24. The minimum Gasteiger partial charge on any atom is -0.453 e. The largest absolute Gasteiger partial charge is 0.453 e. The van der Waals surface area contributed by atoms with Crippen LogP contribution in [-0.4, -0.2) is 38.9 Å². The van der Waals surface area contributed by atoms with Gasteiger partial charge in [-0.05, 0) is 80.3 Å². The molecule has 6 heteroatoms. The van der Waals surface area contributed by atoms with Crippen LogP contribution in [0, 0.1) is 5.92 Å². The van der Waals surface area contributed by atoms with Crippen LogP contribution in [0.25, 0.3) is 0 Å². The molecule has 2 aromatic rings. The third-order valence-corrected chi connectivity index (χ3v) is 7.95. The minimum atomic E-state index is -3.78. The van der Waals surface area contributed by atoms with E-state index in [-0.39, 0.29) is 17.3 Å². The second kappa shape index (κ2) is 8.31. The van der Waals surface area contributed by atoms with E-state index in [1.54, 1.807) is 0 Å². The van der Waals surface area contributed by atoms with Crippen molar-refractivity contribution in [2.75, 3.05) is 19.8 Å². The molecule has 30 heavy (non-hydrogen) atoms. The van der Waals surface area contributed by atoms with Crippen LogP contribution in [0.4, 0.5) is 0 Å². The van der Waals surface area contributed by atoms with E-state index in [4.69, 9.17) is 4.42 Å². The maximum atomic E-state index is 12.9. The molecule has 1 atom stereocenters. The molecule has 0 unspecified atom stereocenters. The molecule has 4 rings (SSSR count). The molecule has 0 saturated heterocycles. The van der Waals surface area contributed by atoms with Crippen molar-refractivity contribution in [1.29, 1.82) is 0 Å². The zero-order chi connectivity index (χ0) is 21.5. The van der Waals surface area contributed by atoms with Gasteiger partial charge >= 0.3 is 0 Å². The molecule has 1 aromatic heterocycles. The number of nitrogens with zero attached hydrogens (tertiary/aromatic N) is 1. The molecule has 0 N–H and O–H groups in total. The first-order valence-electron chi connectivity index (χ1n) is 10.8. The molecule has 1 heterocycles. The van der Waals surface area contributed by atoms with Crippen LogP contribution in [0.15, 0.2) is 34.0 Å². The van der Waals surface area contributed by atoms with Crippen molar-refractivity contribution in [3.8, 4) is 0 Å². The fourth-order valence-electron chi connectivity index (χ4n) is 4.74. The Morgan fingerprint density at radius 3 is 2.70 bits per heavy atom. The highest BCUT2D eigenvalue weighted by molar-refractivity contribution is 7.92. The Morgan fingerprint density at radius 2 is 2.00 bits per heavy atom. The summed E-state index contributed by atoms with van der Waals surface area (Å²) in [4.78, 5) is 14.9. The number of benzene rings is 1. The van der Waals surface area contributed by atoms with Gasteiger partial charge < -0.3 is 9.32 Å². The van der Waals surface area contributed by atoms with Gasteiger partial charge in [0.1, 0.15) is 5.75 Å². The van der Waals surface area contributed by atoms with Crippen molar-refractivity contribution in [2.24, 2.45) is 5.92 Å². The predicted molar refractivity (Wildman–Crippen MR) is 116 cm³/mol. The Labute approximate surface area is 179 Å². The summed E-state index contributed by atoms with van der Waals surface area (Å²) in [5.74, 6) is 0.349. The zero-order valence-electron chi connectivity index (χ0n) is 18.1. The summed E-state index contributed by atoms with van der Waals surface area (Å²) in [6.07, 6.45) is 7.28. The monoisotopic (exact) mass is 429 g/mol. The van der Waals surface area contributed by atoms with E-state index >= 15 is 0 Å². The molecule has 0 spiro atoms. The van der Waals surface area contributed by atoms with Gasteiger partial charge in [0.25, 0.3) is 0 Å². The summed E-state index contributed by atoms with van der Waals surface area (Å²) in [5.41, 5.74) is 5.74. The quantitative estimate of drug-likeness (QED) is 0.604. The summed E-state index contributed by atoms with van der Waals surface area (Å²) in [6, 6.07) is 5.93. The lowest BCUT2D eigenvalue weighted by Gasteiger charge is -2.19. The van der Waals surface area contributed by atoms with Gasteiger partial charge in [-0.25, -0.2) is 8.42 Å². The van der Waals surface area contributed by atoms with Crippen LogP contribution in [0.3, 0.4) is 0 Å². The molecular formula is C24H31NO4S. The van der Waals surface area contributed by atoms with Crippen molar-refractivity contribution in [2.45, 2.75) is 63.0 Å². The number of hydrogen-bond acceptors (Lipinski definition) is 5. The third-order valence-electron chi connectivity index (χ3n) is 6.42. The van der Waals surface area contributed by atoms with E-state index in [0.29, 0.717) is 18.4 Å². The van der Waals surface area contributed by atoms with E-state index in [2.05, 4.69) is 19.1 Å². The number of rotatable bonds is 9.